The molecule has 1 aliphatic carbocycles. The molecule has 140 valence electrons. The first-order chi connectivity index (χ1) is 11.6. The van der Waals surface area contributed by atoms with Crippen LogP contribution in [0.1, 0.15) is 47.0 Å². The van der Waals surface area contributed by atoms with Gasteiger partial charge in [0.2, 0.25) is 11.8 Å². The topological polar surface area (TPSA) is 93.2 Å². The first kappa shape index (κ1) is 19.2. The molecule has 0 aromatic rings. The van der Waals surface area contributed by atoms with Crippen LogP contribution in [0.2, 0.25) is 0 Å². The number of carbonyl (C=O) groups is 4. The Bertz CT molecular complexity index is 564. The Morgan fingerprint density at radius 1 is 1.16 bits per heavy atom. The van der Waals surface area contributed by atoms with Gasteiger partial charge in [-0.2, -0.15) is 0 Å². The van der Waals surface area contributed by atoms with Gasteiger partial charge in [0, 0.05) is 6.04 Å². The van der Waals surface area contributed by atoms with E-state index in [0.717, 1.165) is 17.7 Å². The zero-order chi connectivity index (χ0) is 18.8. The van der Waals surface area contributed by atoms with Crippen LogP contribution in [0.4, 0.5) is 0 Å². The van der Waals surface area contributed by atoms with Crippen LogP contribution in [0.25, 0.3) is 0 Å². The Balaban J connectivity index is 2.15. The predicted molar refractivity (Wildman–Crippen MR) is 87.3 cm³/mol. The fourth-order valence-corrected chi connectivity index (χ4v) is 2.79. The average molecular weight is 354 g/mol. The molecule has 0 N–H and O–H groups in total. The number of nitrogens with zero attached hydrogens (tertiary/aromatic N) is 2. The van der Waals surface area contributed by atoms with Crippen LogP contribution >= 0.6 is 0 Å². The summed E-state index contributed by atoms with van der Waals surface area (Å²) in [6, 6.07) is -0.969. The first-order valence-electron chi connectivity index (χ1n) is 8.59. The van der Waals surface area contributed by atoms with Crippen LogP contribution in [0.15, 0.2) is 0 Å². The van der Waals surface area contributed by atoms with Gasteiger partial charge in [-0.1, -0.05) is 0 Å². The highest BCUT2D eigenvalue weighted by molar-refractivity contribution is 5.98. The van der Waals surface area contributed by atoms with Crippen LogP contribution in [-0.2, 0) is 28.7 Å². The third-order valence-corrected chi connectivity index (χ3v) is 3.94. The molecule has 0 unspecified atom stereocenters. The van der Waals surface area contributed by atoms with Gasteiger partial charge in [0.15, 0.2) is 0 Å². The molecule has 1 saturated heterocycles. The summed E-state index contributed by atoms with van der Waals surface area (Å²) in [5, 5.41) is 0. The van der Waals surface area contributed by atoms with Crippen molar-refractivity contribution in [3.63, 3.8) is 0 Å². The zero-order valence-electron chi connectivity index (χ0n) is 15.2. The highest BCUT2D eigenvalue weighted by Crippen LogP contribution is 2.31. The number of rotatable bonds is 6. The van der Waals surface area contributed by atoms with Gasteiger partial charge in [-0.05, 0) is 40.5 Å². The van der Waals surface area contributed by atoms with Crippen molar-refractivity contribution in [2.75, 3.05) is 19.7 Å². The largest absolute Gasteiger partial charge is 0.465 e. The van der Waals surface area contributed by atoms with Gasteiger partial charge in [0.1, 0.15) is 24.7 Å². The zero-order valence-corrected chi connectivity index (χ0v) is 15.2. The van der Waals surface area contributed by atoms with Crippen LogP contribution in [0.5, 0.6) is 0 Å². The van der Waals surface area contributed by atoms with Gasteiger partial charge in [0.25, 0.3) is 0 Å². The summed E-state index contributed by atoms with van der Waals surface area (Å²) in [7, 11) is 0. The smallest absolute Gasteiger partial charge is 0.325 e. The first-order valence-corrected chi connectivity index (χ1v) is 8.59. The number of hydrogen-bond donors (Lipinski definition) is 0. The molecule has 2 aliphatic rings. The summed E-state index contributed by atoms with van der Waals surface area (Å²) in [4.78, 5) is 51.9. The van der Waals surface area contributed by atoms with Crippen molar-refractivity contribution in [1.82, 2.24) is 9.80 Å². The van der Waals surface area contributed by atoms with E-state index in [4.69, 9.17) is 9.47 Å². The van der Waals surface area contributed by atoms with Crippen molar-refractivity contribution in [2.45, 2.75) is 64.6 Å². The molecular formula is C17H26N2O6. The molecule has 0 aromatic carbocycles. The maximum atomic E-state index is 12.8. The summed E-state index contributed by atoms with van der Waals surface area (Å²) >= 11 is 0. The van der Waals surface area contributed by atoms with Crippen LogP contribution in [0.3, 0.4) is 0 Å². The van der Waals surface area contributed by atoms with E-state index in [1.165, 1.54) is 4.90 Å². The number of hydrogen-bond acceptors (Lipinski definition) is 6. The van der Waals surface area contributed by atoms with Gasteiger partial charge in [0.05, 0.1) is 13.0 Å². The minimum atomic E-state index is -1.03. The molecule has 2 rings (SSSR count). The monoisotopic (exact) mass is 354 g/mol. The van der Waals surface area contributed by atoms with Gasteiger partial charge >= 0.3 is 11.9 Å². The van der Waals surface area contributed by atoms with E-state index in [1.807, 2.05) is 0 Å². The normalized spacial score (nSPS) is 21.4. The second-order valence-corrected chi connectivity index (χ2v) is 7.33. The minimum Gasteiger partial charge on any atom is -0.465 e. The third kappa shape index (κ3) is 5.17. The van der Waals surface area contributed by atoms with Gasteiger partial charge in [-0.3, -0.25) is 19.2 Å². The number of carbonyl (C=O) groups excluding carboxylic acids is 4. The standard InChI is InChI=1S/C17H26N2O6/c1-5-24-15(22)10-19-12(8-14(21)25-17(2,3)4)16(23)18(9-13(19)20)11-6-7-11/h11-12H,5-10H2,1-4H3/t12-/m0/s1. The van der Waals surface area contributed by atoms with Gasteiger partial charge < -0.3 is 19.3 Å². The van der Waals surface area contributed by atoms with E-state index in [9.17, 15) is 19.2 Å². The minimum absolute atomic E-state index is 0.0577. The van der Waals surface area contributed by atoms with Gasteiger partial charge in [-0.15, -0.1) is 0 Å². The molecule has 1 saturated carbocycles. The molecule has 0 bridgehead atoms. The molecule has 8 nitrogen and oxygen atoms in total. The van der Waals surface area contributed by atoms with E-state index in [2.05, 4.69) is 0 Å². The molecule has 1 heterocycles. The van der Waals surface area contributed by atoms with Crippen molar-refractivity contribution in [3.8, 4) is 0 Å². The lowest BCUT2D eigenvalue weighted by atomic mass is 10.1. The van der Waals surface area contributed by atoms with E-state index in [0.29, 0.717) is 0 Å². The Morgan fingerprint density at radius 2 is 1.80 bits per heavy atom. The summed E-state index contributed by atoms with van der Waals surface area (Å²) in [5.74, 6) is -1.84. The van der Waals surface area contributed by atoms with Crippen LogP contribution in [-0.4, -0.2) is 70.9 Å². The Labute approximate surface area is 147 Å². The van der Waals surface area contributed by atoms with Crippen LogP contribution in [0, 0.1) is 0 Å². The Kier molecular flexibility index (Phi) is 5.69. The molecule has 1 aliphatic heterocycles. The molecule has 0 radical (unpaired) electrons. The van der Waals surface area contributed by atoms with Crippen molar-refractivity contribution in [3.05, 3.63) is 0 Å². The summed E-state index contributed by atoms with van der Waals surface area (Å²) in [6.45, 7) is 6.62. The van der Waals surface area contributed by atoms with Crippen molar-refractivity contribution in [1.29, 1.82) is 0 Å². The molecular weight excluding hydrogens is 328 g/mol. The maximum absolute atomic E-state index is 12.8. The number of amides is 2. The maximum Gasteiger partial charge on any atom is 0.325 e. The highest BCUT2D eigenvalue weighted by Gasteiger charge is 2.46. The van der Waals surface area contributed by atoms with E-state index in [-0.39, 0.29) is 44.0 Å². The fourth-order valence-electron chi connectivity index (χ4n) is 2.79. The molecule has 25 heavy (non-hydrogen) atoms. The van der Waals surface area contributed by atoms with E-state index in [1.54, 1.807) is 27.7 Å². The number of esters is 2. The third-order valence-electron chi connectivity index (χ3n) is 3.94. The SMILES string of the molecule is CCOC(=O)CN1C(=O)CN(C2CC2)C(=O)[C@@H]1CC(=O)OC(C)(C)C. The number of ether oxygens (including phenoxy) is 2. The summed E-state index contributed by atoms with van der Waals surface area (Å²) in [5.41, 5.74) is -0.693. The molecule has 2 amide bonds. The van der Waals surface area contributed by atoms with Crippen molar-refractivity contribution >= 4 is 23.8 Å². The quantitative estimate of drug-likeness (QED) is 0.644. The molecule has 1 atom stereocenters. The summed E-state index contributed by atoms with van der Waals surface area (Å²) < 4.78 is 10.1. The van der Waals surface area contributed by atoms with Crippen LogP contribution < -0.4 is 0 Å². The molecule has 2 fully saturated rings. The van der Waals surface area contributed by atoms with Gasteiger partial charge in [-0.25, -0.2) is 0 Å². The predicted octanol–water partition coefficient (Wildman–Crippen LogP) is 0.483. The molecule has 8 heteroatoms. The lowest BCUT2D eigenvalue weighted by Gasteiger charge is -2.39. The molecule has 0 aromatic heterocycles. The lowest BCUT2D eigenvalue weighted by molar-refractivity contribution is -0.168. The second kappa shape index (κ2) is 7.41. The molecule has 0 spiro atoms. The Hall–Kier alpha value is -2.12. The number of piperazine rings is 1. The summed E-state index contributed by atoms with van der Waals surface area (Å²) in [6.07, 6.45) is 1.44. The van der Waals surface area contributed by atoms with Crippen molar-refractivity contribution in [2.24, 2.45) is 0 Å². The average Bonchev–Trinajstić information content (AvgIpc) is 3.29. The Morgan fingerprint density at radius 3 is 2.32 bits per heavy atom. The second-order valence-electron chi connectivity index (χ2n) is 7.33. The lowest BCUT2D eigenvalue weighted by Crippen LogP contribution is -2.62. The van der Waals surface area contributed by atoms with E-state index < -0.39 is 23.6 Å². The van der Waals surface area contributed by atoms with Crippen molar-refractivity contribution < 1.29 is 28.7 Å². The fraction of sp³-hybridized carbons (Fsp3) is 0.765. The highest BCUT2D eigenvalue weighted by atomic mass is 16.6. The van der Waals surface area contributed by atoms with E-state index >= 15 is 0 Å².